The second-order valence-electron chi connectivity index (χ2n) is 9.38. The summed E-state index contributed by atoms with van der Waals surface area (Å²) in [4.78, 5) is 23.3. The lowest BCUT2D eigenvalue weighted by atomic mass is 9.45. The first kappa shape index (κ1) is 17.2. The highest BCUT2D eigenvalue weighted by molar-refractivity contribution is 5.91. The molecule has 0 aromatic carbocycles. The number of rotatable bonds is 1. The Hall–Kier alpha value is -1.22. The minimum atomic E-state index is -0.702. The van der Waals surface area contributed by atoms with Crippen LogP contribution in [0.25, 0.3) is 0 Å². The van der Waals surface area contributed by atoms with E-state index >= 15 is 0 Å². The van der Waals surface area contributed by atoms with Crippen molar-refractivity contribution in [3.63, 3.8) is 0 Å². The predicted octanol–water partition coefficient (Wildman–Crippen LogP) is 4.15. The fourth-order valence-electron chi connectivity index (χ4n) is 7.03. The van der Waals surface area contributed by atoms with Gasteiger partial charge >= 0.3 is 0 Å². The van der Waals surface area contributed by atoms with E-state index in [1.807, 2.05) is 13.0 Å². The van der Waals surface area contributed by atoms with Crippen molar-refractivity contribution in [3.8, 4) is 0 Å². The highest BCUT2D eigenvalue weighted by Gasteiger charge is 2.64. The highest BCUT2D eigenvalue weighted by Crippen LogP contribution is 2.68. The predicted molar refractivity (Wildman–Crippen MR) is 96.9 cm³/mol. The van der Waals surface area contributed by atoms with Crippen molar-refractivity contribution in [1.29, 1.82) is 0 Å². The van der Waals surface area contributed by atoms with E-state index in [1.165, 1.54) is 11.1 Å². The lowest BCUT2D eigenvalue weighted by molar-refractivity contribution is -0.183. The van der Waals surface area contributed by atoms with Gasteiger partial charge in [-0.05, 0) is 80.8 Å². The first-order valence-corrected chi connectivity index (χ1v) is 9.88. The average molecular weight is 342 g/mol. The summed E-state index contributed by atoms with van der Waals surface area (Å²) in [5.41, 5.74) is 2.53. The van der Waals surface area contributed by atoms with Gasteiger partial charge in [-0.1, -0.05) is 25.0 Å². The maximum Gasteiger partial charge on any atom is 0.155 e. The molecule has 0 amide bonds. The summed E-state index contributed by atoms with van der Waals surface area (Å²) < 4.78 is 0. The van der Waals surface area contributed by atoms with Crippen molar-refractivity contribution in [1.82, 2.24) is 0 Å². The van der Waals surface area contributed by atoms with Gasteiger partial charge in [0.15, 0.2) is 5.78 Å². The second-order valence-corrected chi connectivity index (χ2v) is 9.38. The zero-order valence-electron chi connectivity index (χ0n) is 15.7. The van der Waals surface area contributed by atoms with Crippen LogP contribution in [0.3, 0.4) is 0 Å². The third kappa shape index (κ3) is 2.08. The van der Waals surface area contributed by atoms with Crippen LogP contribution in [0.1, 0.15) is 72.1 Å². The molecular weight excluding hydrogens is 312 g/mol. The number of ketones is 1. The summed E-state index contributed by atoms with van der Waals surface area (Å²) in [5.74, 6) is 0.952. The molecular formula is C22H30O3. The Morgan fingerprint density at radius 1 is 1.12 bits per heavy atom. The molecule has 0 aliphatic heterocycles. The molecule has 3 saturated carbocycles. The molecule has 3 nitrogen and oxygen atoms in total. The Bertz CT molecular complexity index is 702. The number of carbonyl (C=O) groups excluding carboxylic acids is 2. The monoisotopic (exact) mass is 342 g/mol. The Kier molecular flexibility index (Phi) is 3.71. The maximum atomic E-state index is 11.9. The van der Waals surface area contributed by atoms with Crippen molar-refractivity contribution in [2.45, 2.75) is 77.7 Å². The van der Waals surface area contributed by atoms with Crippen molar-refractivity contribution in [3.05, 3.63) is 22.8 Å². The number of aldehydes is 1. The van der Waals surface area contributed by atoms with Gasteiger partial charge in [-0.25, -0.2) is 0 Å². The second kappa shape index (κ2) is 5.39. The molecule has 4 aliphatic rings. The molecule has 4 aliphatic carbocycles. The lowest BCUT2D eigenvalue weighted by Gasteiger charge is -2.62. The van der Waals surface area contributed by atoms with Crippen LogP contribution in [0.15, 0.2) is 22.8 Å². The van der Waals surface area contributed by atoms with E-state index in [4.69, 9.17) is 0 Å². The first-order valence-electron chi connectivity index (χ1n) is 9.88. The van der Waals surface area contributed by atoms with E-state index in [1.54, 1.807) is 0 Å². The van der Waals surface area contributed by atoms with Crippen molar-refractivity contribution in [2.75, 3.05) is 0 Å². The number of fused-ring (bicyclic) bond motifs is 5. The molecule has 0 aromatic rings. The van der Waals surface area contributed by atoms with Gasteiger partial charge in [-0.15, -0.1) is 0 Å². The minimum Gasteiger partial charge on any atom is -0.389 e. The summed E-state index contributed by atoms with van der Waals surface area (Å²) in [6.07, 6.45) is 9.91. The molecule has 136 valence electrons. The van der Waals surface area contributed by atoms with Crippen LogP contribution < -0.4 is 0 Å². The Balaban J connectivity index is 1.76. The van der Waals surface area contributed by atoms with Gasteiger partial charge in [-0.3, -0.25) is 9.59 Å². The molecule has 0 heterocycles. The fourth-order valence-corrected chi connectivity index (χ4v) is 7.03. The van der Waals surface area contributed by atoms with Gasteiger partial charge in [0.05, 0.1) is 5.60 Å². The summed E-state index contributed by atoms with van der Waals surface area (Å²) in [6.45, 7) is 6.47. The van der Waals surface area contributed by atoms with Gasteiger partial charge < -0.3 is 5.11 Å². The van der Waals surface area contributed by atoms with Crippen LogP contribution in [-0.4, -0.2) is 22.8 Å². The van der Waals surface area contributed by atoms with Crippen molar-refractivity contribution < 1.29 is 14.7 Å². The Labute approximate surface area is 150 Å². The molecule has 4 rings (SSSR count). The number of hydrogen-bond donors (Lipinski definition) is 1. The summed E-state index contributed by atoms with van der Waals surface area (Å²) in [6, 6.07) is 0. The van der Waals surface area contributed by atoms with Crippen molar-refractivity contribution >= 4 is 12.1 Å². The Morgan fingerprint density at radius 2 is 1.84 bits per heavy atom. The molecule has 0 unspecified atom stereocenters. The number of hydrogen-bond acceptors (Lipinski definition) is 3. The van der Waals surface area contributed by atoms with Gasteiger partial charge in [0.2, 0.25) is 0 Å². The molecule has 0 spiro atoms. The quantitative estimate of drug-likeness (QED) is 0.575. The van der Waals surface area contributed by atoms with Crippen LogP contribution in [-0.2, 0) is 9.59 Å². The van der Waals surface area contributed by atoms with E-state index < -0.39 is 5.60 Å². The zero-order valence-corrected chi connectivity index (χ0v) is 15.7. The van der Waals surface area contributed by atoms with E-state index in [-0.39, 0.29) is 22.5 Å². The molecule has 25 heavy (non-hydrogen) atoms. The zero-order chi connectivity index (χ0) is 18.0. The Morgan fingerprint density at radius 3 is 2.56 bits per heavy atom. The van der Waals surface area contributed by atoms with E-state index in [9.17, 15) is 14.7 Å². The van der Waals surface area contributed by atoms with Crippen LogP contribution in [0, 0.1) is 22.7 Å². The van der Waals surface area contributed by atoms with E-state index in [0.717, 1.165) is 56.8 Å². The van der Waals surface area contributed by atoms with Crippen LogP contribution >= 0.6 is 0 Å². The van der Waals surface area contributed by atoms with Gasteiger partial charge in [0.25, 0.3) is 0 Å². The standard InChI is InChI=1S/C22H30O3/c1-14(13-23)17-6-7-18-19-5-4-15-12-16(24)8-9-21(15,3)22(19,25)11-10-20(17,18)2/h12-13,18-19,25H,4-11H2,1-3H3/t18-,19-,20+,21-,22+/m0/s1. The summed E-state index contributed by atoms with van der Waals surface area (Å²) in [5, 5.41) is 11.9. The molecule has 0 saturated heterocycles. The summed E-state index contributed by atoms with van der Waals surface area (Å²) >= 11 is 0. The van der Waals surface area contributed by atoms with E-state index in [0.29, 0.717) is 12.3 Å². The third-order valence-corrected chi connectivity index (χ3v) is 8.59. The molecule has 0 bridgehead atoms. The van der Waals surface area contributed by atoms with Crippen LogP contribution in [0.4, 0.5) is 0 Å². The molecule has 3 fully saturated rings. The van der Waals surface area contributed by atoms with Crippen LogP contribution in [0.5, 0.6) is 0 Å². The first-order chi connectivity index (χ1) is 11.8. The maximum absolute atomic E-state index is 11.9. The molecule has 1 N–H and O–H groups in total. The molecule has 0 aromatic heterocycles. The fraction of sp³-hybridized carbons (Fsp3) is 0.727. The number of allylic oxidation sites excluding steroid dienone is 2. The topological polar surface area (TPSA) is 54.4 Å². The third-order valence-electron chi connectivity index (χ3n) is 8.59. The molecule has 5 atom stereocenters. The largest absolute Gasteiger partial charge is 0.389 e. The van der Waals surface area contributed by atoms with Gasteiger partial charge in [-0.2, -0.15) is 0 Å². The van der Waals surface area contributed by atoms with Gasteiger partial charge in [0, 0.05) is 11.8 Å². The van der Waals surface area contributed by atoms with Crippen LogP contribution in [0.2, 0.25) is 0 Å². The summed E-state index contributed by atoms with van der Waals surface area (Å²) in [7, 11) is 0. The number of aliphatic hydroxyl groups is 1. The smallest absolute Gasteiger partial charge is 0.155 e. The molecule has 3 heteroatoms. The highest BCUT2D eigenvalue weighted by atomic mass is 16.3. The normalized spacial score (nSPS) is 48.2. The van der Waals surface area contributed by atoms with E-state index in [2.05, 4.69) is 13.8 Å². The van der Waals surface area contributed by atoms with Crippen molar-refractivity contribution in [2.24, 2.45) is 22.7 Å². The van der Waals surface area contributed by atoms with Gasteiger partial charge in [0.1, 0.15) is 6.29 Å². The lowest BCUT2D eigenvalue weighted by Crippen LogP contribution is -2.62. The number of carbonyl (C=O) groups is 2. The molecule has 0 radical (unpaired) electrons. The average Bonchev–Trinajstić information content (AvgIpc) is 2.93. The SMILES string of the molecule is CC(C=O)=C1CC[C@H]2[C@@H]3CCC4=CC(=O)CC[C@]4(C)[C@@]3(O)CC[C@]12C. The minimum absolute atomic E-state index is 0.0595.